The highest BCUT2D eigenvalue weighted by molar-refractivity contribution is 5.91. The molecule has 0 aromatic carbocycles. The van der Waals surface area contributed by atoms with Crippen molar-refractivity contribution in [2.24, 2.45) is 0 Å². The molecule has 2 heterocycles. The molecule has 3 rings (SSSR count). The molecule has 0 aliphatic heterocycles. The van der Waals surface area contributed by atoms with Gasteiger partial charge in [0.2, 0.25) is 5.82 Å². The number of rotatable bonds is 3. The first-order valence-corrected chi connectivity index (χ1v) is 7.63. The lowest BCUT2D eigenvalue weighted by Crippen LogP contribution is -2.42. The standard InChI is InChI=1S/C16H19N5O/c1-3-11-20(13-7-5-4-6-8-13)15(22)14-18-16-17-10-9-12(2)21(16)19-14/h1,9-10,13H,4-8,11H2,2H3. The van der Waals surface area contributed by atoms with Crippen molar-refractivity contribution in [1.82, 2.24) is 24.5 Å². The molecule has 0 unspecified atom stereocenters. The van der Waals surface area contributed by atoms with Crippen LogP contribution < -0.4 is 0 Å². The molecule has 1 saturated carbocycles. The number of nitrogens with zero attached hydrogens (tertiary/aromatic N) is 5. The number of fused-ring (bicyclic) bond motifs is 1. The van der Waals surface area contributed by atoms with Gasteiger partial charge in [0.1, 0.15) is 0 Å². The monoisotopic (exact) mass is 297 g/mol. The average molecular weight is 297 g/mol. The summed E-state index contributed by atoms with van der Waals surface area (Å²) >= 11 is 0. The van der Waals surface area contributed by atoms with E-state index in [0.29, 0.717) is 12.3 Å². The lowest BCUT2D eigenvalue weighted by Gasteiger charge is -2.32. The normalized spacial score (nSPS) is 15.6. The van der Waals surface area contributed by atoms with Gasteiger partial charge in [0.15, 0.2) is 0 Å². The summed E-state index contributed by atoms with van der Waals surface area (Å²) in [5, 5.41) is 4.29. The van der Waals surface area contributed by atoms with Crippen LogP contribution in [0.25, 0.3) is 5.78 Å². The first-order valence-electron chi connectivity index (χ1n) is 7.63. The van der Waals surface area contributed by atoms with Crippen molar-refractivity contribution in [3.8, 4) is 12.3 Å². The summed E-state index contributed by atoms with van der Waals surface area (Å²) in [5.41, 5.74) is 0.887. The topological polar surface area (TPSA) is 63.4 Å². The Bertz CT molecular complexity index is 724. The summed E-state index contributed by atoms with van der Waals surface area (Å²) in [5.74, 6) is 3.00. The van der Waals surface area contributed by atoms with Gasteiger partial charge in [-0.05, 0) is 25.8 Å². The number of hydrogen-bond acceptors (Lipinski definition) is 4. The lowest BCUT2D eigenvalue weighted by molar-refractivity contribution is 0.0655. The fraction of sp³-hybridized carbons (Fsp3) is 0.500. The van der Waals surface area contributed by atoms with E-state index in [1.807, 2.05) is 13.0 Å². The van der Waals surface area contributed by atoms with E-state index in [1.165, 1.54) is 6.42 Å². The van der Waals surface area contributed by atoms with Crippen LogP contribution in [0.1, 0.15) is 48.4 Å². The number of terminal acetylenes is 1. The summed E-state index contributed by atoms with van der Waals surface area (Å²) in [6, 6.07) is 2.02. The zero-order valence-corrected chi connectivity index (χ0v) is 12.7. The molecule has 0 saturated heterocycles. The van der Waals surface area contributed by atoms with Gasteiger partial charge < -0.3 is 4.90 Å². The van der Waals surface area contributed by atoms with Gasteiger partial charge in [0.25, 0.3) is 11.7 Å². The second-order valence-corrected chi connectivity index (χ2v) is 5.66. The highest BCUT2D eigenvalue weighted by atomic mass is 16.2. The van der Waals surface area contributed by atoms with Crippen molar-refractivity contribution in [3.05, 3.63) is 23.8 Å². The van der Waals surface area contributed by atoms with Crippen LogP contribution in [0.2, 0.25) is 0 Å². The van der Waals surface area contributed by atoms with Crippen LogP contribution in [-0.2, 0) is 0 Å². The zero-order chi connectivity index (χ0) is 15.5. The van der Waals surface area contributed by atoms with Gasteiger partial charge in [-0.3, -0.25) is 4.79 Å². The van der Waals surface area contributed by atoms with Crippen molar-refractivity contribution in [2.45, 2.75) is 45.1 Å². The Morgan fingerprint density at radius 1 is 1.45 bits per heavy atom. The smallest absolute Gasteiger partial charge is 0.294 e. The maximum Gasteiger partial charge on any atom is 0.294 e. The maximum absolute atomic E-state index is 12.8. The molecule has 1 aliphatic rings. The van der Waals surface area contributed by atoms with Gasteiger partial charge in [-0.25, -0.2) is 9.50 Å². The Hall–Kier alpha value is -2.42. The third-order valence-corrected chi connectivity index (χ3v) is 4.16. The Morgan fingerprint density at radius 2 is 2.23 bits per heavy atom. The van der Waals surface area contributed by atoms with E-state index in [1.54, 1.807) is 15.6 Å². The molecule has 0 radical (unpaired) electrons. The predicted molar refractivity (Wildman–Crippen MR) is 82.3 cm³/mol. The van der Waals surface area contributed by atoms with E-state index in [9.17, 15) is 4.79 Å². The quantitative estimate of drug-likeness (QED) is 0.811. The van der Waals surface area contributed by atoms with Crippen LogP contribution in [0.5, 0.6) is 0 Å². The SMILES string of the molecule is C#CCN(C(=O)c1nc2nccc(C)n2n1)C1CCCCC1. The second-order valence-electron chi connectivity index (χ2n) is 5.66. The molecule has 6 nitrogen and oxygen atoms in total. The van der Waals surface area contributed by atoms with Gasteiger partial charge >= 0.3 is 0 Å². The highest BCUT2D eigenvalue weighted by Gasteiger charge is 2.28. The number of hydrogen-bond donors (Lipinski definition) is 0. The molecule has 114 valence electrons. The fourth-order valence-corrected chi connectivity index (χ4v) is 2.98. The minimum atomic E-state index is -0.199. The van der Waals surface area contributed by atoms with Gasteiger partial charge in [-0.2, -0.15) is 4.98 Å². The third-order valence-electron chi connectivity index (χ3n) is 4.16. The van der Waals surface area contributed by atoms with Crippen molar-refractivity contribution in [1.29, 1.82) is 0 Å². The van der Waals surface area contributed by atoms with Crippen LogP contribution in [-0.4, -0.2) is 43.0 Å². The van der Waals surface area contributed by atoms with Crippen molar-refractivity contribution in [2.75, 3.05) is 6.54 Å². The van der Waals surface area contributed by atoms with Crippen molar-refractivity contribution in [3.63, 3.8) is 0 Å². The summed E-state index contributed by atoms with van der Waals surface area (Å²) in [4.78, 5) is 22.9. The van der Waals surface area contributed by atoms with Gasteiger partial charge in [-0.1, -0.05) is 25.2 Å². The molecule has 0 spiro atoms. The highest BCUT2D eigenvalue weighted by Crippen LogP contribution is 2.23. The molecule has 1 fully saturated rings. The Morgan fingerprint density at radius 3 is 2.91 bits per heavy atom. The molecule has 0 atom stereocenters. The Kier molecular flexibility index (Phi) is 4.05. The molecule has 0 N–H and O–H groups in total. The predicted octanol–water partition coefficient (Wildman–Crippen LogP) is 1.84. The minimum Gasteiger partial charge on any atom is -0.322 e. The first-order chi connectivity index (χ1) is 10.7. The molecule has 1 amide bonds. The van der Waals surface area contributed by atoms with Crippen molar-refractivity contribution >= 4 is 11.7 Å². The summed E-state index contributed by atoms with van der Waals surface area (Å²) in [7, 11) is 0. The third kappa shape index (κ3) is 2.67. The van der Waals surface area contributed by atoms with Crippen molar-refractivity contribution < 1.29 is 4.79 Å². The average Bonchev–Trinajstić information content (AvgIpc) is 2.98. The molecular formula is C16H19N5O. The number of aromatic nitrogens is 4. The van der Waals surface area contributed by atoms with Gasteiger partial charge in [0.05, 0.1) is 6.54 Å². The number of amides is 1. The number of aryl methyl sites for hydroxylation is 1. The first kappa shape index (κ1) is 14.5. The maximum atomic E-state index is 12.8. The van der Waals surface area contributed by atoms with E-state index < -0.39 is 0 Å². The lowest BCUT2D eigenvalue weighted by atomic mass is 9.94. The molecule has 1 aliphatic carbocycles. The summed E-state index contributed by atoms with van der Waals surface area (Å²) in [6.07, 6.45) is 12.6. The summed E-state index contributed by atoms with van der Waals surface area (Å²) < 4.78 is 1.59. The van der Waals surface area contributed by atoms with E-state index >= 15 is 0 Å². The van der Waals surface area contributed by atoms with Gasteiger partial charge in [0, 0.05) is 17.9 Å². The van der Waals surface area contributed by atoms with E-state index in [0.717, 1.165) is 31.4 Å². The molecule has 6 heteroatoms. The van der Waals surface area contributed by atoms with E-state index in [4.69, 9.17) is 6.42 Å². The van der Waals surface area contributed by atoms with Crippen LogP contribution in [0.15, 0.2) is 12.3 Å². The number of carbonyl (C=O) groups is 1. The van der Waals surface area contributed by atoms with E-state index in [-0.39, 0.29) is 17.8 Å². The van der Waals surface area contributed by atoms with E-state index in [2.05, 4.69) is 21.0 Å². The van der Waals surface area contributed by atoms with Crippen LogP contribution in [0, 0.1) is 19.3 Å². The molecule has 0 bridgehead atoms. The minimum absolute atomic E-state index is 0.169. The summed E-state index contributed by atoms with van der Waals surface area (Å²) in [6.45, 7) is 2.20. The second kappa shape index (κ2) is 6.14. The number of carbonyl (C=O) groups excluding carboxylic acids is 1. The van der Waals surface area contributed by atoms with Crippen LogP contribution in [0.3, 0.4) is 0 Å². The van der Waals surface area contributed by atoms with Crippen LogP contribution in [0.4, 0.5) is 0 Å². The molecular weight excluding hydrogens is 278 g/mol. The molecule has 2 aromatic rings. The zero-order valence-electron chi connectivity index (χ0n) is 12.7. The van der Waals surface area contributed by atoms with Gasteiger partial charge in [-0.15, -0.1) is 11.5 Å². The van der Waals surface area contributed by atoms with Crippen LogP contribution >= 0.6 is 0 Å². The molecule has 2 aromatic heterocycles. The molecule has 22 heavy (non-hydrogen) atoms. The largest absolute Gasteiger partial charge is 0.322 e. The Balaban J connectivity index is 1.91. The Labute approximate surface area is 129 Å². The fourth-order valence-electron chi connectivity index (χ4n) is 2.98.